The number of fused-ring (bicyclic) bond motifs is 1. The number of carbonyl (C=O) groups is 2. The van der Waals surface area contributed by atoms with E-state index in [1.165, 1.54) is 0 Å². The molecule has 2 amide bonds. The van der Waals surface area contributed by atoms with Crippen molar-refractivity contribution < 1.29 is 14.3 Å². The number of imide groups is 1. The average molecular weight is 277 g/mol. The second kappa shape index (κ2) is 6.38. The SMILES string of the molecule is CCOC(=O)NC(=O)CN1CCc2c(N)cccc2C1. The molecule has 0 bridgehead atoms. The van der Waals surface area contributed by atoms with Crippen molar-refractivity contribution in [1.29, 1.82) is 0 Å². The van der Waals surface area contributed by atoms with Crippen LogP contribution in [0.15, 0.2) is 18.2 Å². The zero-order valence-electron chi connectivity index (χ0n) is 11.5. The molecule has 0 aromatic heterocycles. The Bertz CT molecular complexity index is 516. The first-order chi connectivity index (χ1) is 9.60. The van der Waals surface area contributed by atoms with Crippen LogP contribution >= 0.6 is 0 Å². The highest BCUT2D eigenvalue weighted by Crippen LogP contribution is 2.23. The third-order valence-corrected chi connectivity index (χ3v) is 3.27. The van der Waals surface area contributed by atoms with Crippen LogP contribution in [0.4, 0.5) is 10.5 Å². The lowest BCUT2D eigenvalue weighted by molar-refractivity contribution is -0.121. The van der Waals surface area contributed by atoms with Crippen molar-refractivity contribution in [2.24, 2.45) is 0 Å². The molecule has 20 heavy (non-hydrogen) atoms. The van der Waals surface area contributed by atoms with Crippen LogP contribution in [0.3, 0.4) is 0 Å². The number of amides is 2. The van der Waals surface area contributed by atoms with E-state index in [0.717, 1.165) is 29.8 Å². The molecule has 0 unspecified atom stereocenters. The maximum atomic E-state index is 11.7. The fourth-order valence-corrected chi connectivity index (χ4v) is 2.36. The maximum absolute atomic E-state index is 11.7. The van der Waals surface area contributed by atoms with Crippen molar-refractivity contribution in [3.05, 3.63) is 29.3 Å². The number of carbonyl (C=O) groups excluding carboxylic acids is 2. The number of ether oxygens (including phenoxy) is 1. The first kappa shape index (κ1) is 14.3. The van der Waals surface area contributed by atoms with Crippen molar-refractivity contribution in [2.45, 2.75) is 19.9 Å². The Morgan fingerprint density at radius 1 is 1.45 bits per heavy atom. The summed E-state index contributed by atoms with van der Waals surface area (Å²) in [6.45, 7) is 3.52. The Balaban J connectivity index is 1.90. The van der Waals surface area contributed by atoms with Gasteiger partial charge in [-0.3, -0.25) is 15.0 Å². The highest BCUT2D eigenvalue weighted by Gasteiger charge is 2.20. The van der Waals surface area contributed by atoms with E-state index < -0.39 is 6.09 Å². The van der Waals surface area contributed by atoms with Crippen molar-refractivity contribution in [1.82, 2.24) is 10.2 Å². The molecule has 0 spiro atoms. The molecule has 0 saturated carbocycles. The second-order valence-electron chi connectivity index (χ2n) is 4.71. The van der Waals surface area contributed by atoms with E-state index in [1.807, 2.05) is 23.1 Å². The van der Waals surface area contributed by atoms with E-state index in [4.69, 9.17) is 5.73 Å². The molecule has 0 aliphatic carbocycles. The number of nitrogens with two attached hydrogens (primary N) is 1. The number of alkyl carbamates (subject to hydrolysis) is 1. The maximum Gasteiger partial charge on any atom is 0.413 e. The van der Waals surface area contributed by atoms with Crippen LogP contribution in [0.2, 0.25) is 0 Å². The molecule has 0 radical (unpaired) electrons. The van der Waals surface area contributed by atoms with E-state index >= 15 is 0 Å². The minimum Gasteiger partial charge on any atom is -0.450 e. The second-order valence-corrected chi connectivity index (χ2v) is 4.71. The summed E-state index contributed by atoms with van der Waals surface area (Å²) < 4.78 is 4.67. The first-order valence-electron chi connectivity index (χ1n) is 6.65. The third-order valence-electron chi connectivity index (χ3n) is 3.27. The summed E-state index contributed by atoms with van der Waals surface area (Å²) in [4.78, 5) is 24.8. The van der Waals surface area contributed by atoms with Crippen LogP contribution in [0, 0.1) is 0 Å². The Hall–Kier alpha value is -2.08. The Morgan fingerprint density at radius 2 is 2.25 bits per heavy atom. The molecular weight excluding hydrogens is 258 g/mol. The standard InChI is InChI=1S/C14H19N3O3/c1-2-20-14(19)16-13(18)9-17-7-6-11-10(8-17)4-3-5-12(11)15/h3-5H,2,6-9,15H2,1H3,(H,16,18,19). The summed E-state index contributed by atoms with van der Waals surface area (Å²) in [6.07, 6.45) is 0.119. The first-order valence-corrected chi connectivity index (χ1v) is 6.65. The monoisotopic (exact) mass is 277 g/mol. The molecule has 3 N–H and O–H groups in total. The number of anilines is 1. The predicted molar refractivity (Wildman–Crippen MR) is 75.0 cm³/mol. The summed E-state index contributed by atoms with van der Waals surface area (Å²) in [5.74, 6) is -0.351. The smallest absolute Gasteiger partial charge is 0.413 e. The van der Waals surface area contributed by atoms with Crippen molar-refractivity contribution in [3.63, 3.8) is 0 Å². The van der Waals surface area contributed by atoms with E-state index in [2.05, 4.69) is 10.1 Å². The molecule has 1 aromatic carbocycles. The van der Waals surface area contributed by atoms with E-state index in [-0.39, 0.29) is 19.1 Å². The van der Waals surface area contributed by atoms with Gasteiger partial charge in [0.15, 0.2) is 0 Å². The Labute approximate surface area is 117 Å². The van der Waals surface area contributed by atoms with Gasteiger partial charge in [0.25, 0.3) is 0 Å². The number of nitrogens with zero attached hydrogens (tertiary/aromatic N) is 1. The number of rotatable bonds is 3. The molecule has 108 valence electrons. The Morgan fingerprint density at radius 3 is 3.00 bits per heavy atom. The summed E-state index contributed by atoms with van der Waals surface area (Å²) in [6, 6.07) is 5.82. The van der Waals surface area contributed by atoms with Gasteiger partial charge >= 0.3 is 6.09 Å². The van der Waals surface area contributed by atoms with Gasteiger partial charge in [-0.15, -0.1) is 0 Å². The molecule has 6 heteroatoms. The summed E-state index contributed by atoms with van der Waals surface area (Å²) in [5, 5.41) is 2.20. The summed E-state index contributed by atoms with van der Waals surface area (Å²) in [5.41, 5.74) is 9.03. The van der Waals surface area contributed by atoms with E-state index in [1.54, 1.807) is 6.92 Å². The van der Waals surface area contributed by atoms with Gasteiger partial charge in [-0.05, 0) is 30.5 Å². The quantitative estimate of drug-likeness (QED) is 0.802. The normalized spacial score (nSPS) is 14.4. The van der Waals surface area contributed by atoms with E-state index in [0.29, 0.717) is 6.54 Å². The van der Waals surface area contributed by atoms with Gasteiger partial charge < -0.3 is 10.5 Å². The fourth-order valence-electron chi connectivity index (χ4n) is 2.36. The minimum atomic E-state index is -0.695. The molecule has 1 aliphatic rings. The number of hydrogen-bond acceptors (Lipinski definition) is 5. The van der Waals surface area contributed by atoms with Gasteiger partial charge in [-0.2, -0.15) is 0 Å². The number of hydrogen-bond donors (Lipinski definition) is 2. The molecule has 1 aromatic rings. The molecular formula is C14H19N3O3. The van der Waals surface area contributed by atoms with Crippen LogP contribution in [-0.2, 0) is 22.5 Å². The van der Waals surface area contributed by atoms with Crippen molar-refractivity contribution >= 4 is 17.7 Å². The molecule has 1 heterocycles. The minimum absolute atomic E-state index is 0.174. The Kier molecular flexibility index (Phi) is 4.57. The summed E-state index contributed by atoms with van der Waals surface area (Å²) >= 11 is 0. The van der Waals surface area contributed by atoms with Crippen LogP contribution in [-0.4, -0.2) is 36.6 Å². The van der Waals surface area contributed by atoms with Gasteiger partial charge in [0.2, 0.25) is 5.91 Å². The van der Waals surface area contributed by atoms with Gasteiger partial charge in [0, 0.05) is 18.8 Å². The largest absolute Gasteiger partial charge is 0.450 e. The topological polar surface area (TPSA) is 84.7 Å². The molecule has 0 fully saturated rings. The van der Waals surface area contributed by atoms with Crippen molar-refractivity contribution in [3.8, 4) is 0 Å². The molecule has 1 aliphatic heterocycles. The lowest BCUT2D eigenvalue weighted by atomic mass is 9.98. The lowest BCUT2D eigenvalue weighted by Gasteiger charge is -2.28. The van der Waals surface area contributed by atoms with Crippen LogP contribution in [0.5, 0.6) is 0 Å². The number of nitrogens with one attached hydrogen (secondary N) is 1. The predicted octanol–water partition coefficient (Wildman–Crippen LogP) is 0.900. The van der Waals surface area contributed by atoms with Gasteiger partial charge in [-0.25, -0.2) is 4.79 Å². The highest BCUT2D eigenvalue weighted by atomic mass is 16.5. The number of nitrogen functional groups attached to an aromatic ring is 1. The average Bonchev–Trinajstić information content (AvgIpc) is 2.38. The molecule has 6 nitrogen and oxygen atoms in total. The van der Waals surface area contributed by atoms with Gasteiger partial charge in [0.05, 0.1) is 13.2 Å². The van der Waals surface area contributed by atoms with Crippen LogP contribution in [0.25, 0.3) is 0 Å². The molecule has 2 rings (SSSR count). The summed E-state index contributed by atoms with van der Waals surface area (Å²) in [7, 11) is 0. The zero-order chi connectivity index (χ0) is 14.5. The van der Waals surface area contributed by atoms with Crippen molar-refractivity contribution in [2.75, 3.05) is 25.4 Å². The number of benzene rings is 1. The lowest BCUT2D eigenvalue weighted by Crippen LogP contribution is -2.42. The molecule has 0 saturated heterocycles. The van der Waals surface area contributed by atoms with Gasteiger partial charge in [0.1, 0.15) is 0 Å². The third kappa shape index (κ3) is 3.48. The van der Waals surface area contributed by atoms with Crippen LogP contribution in [0.1, 0.15) is 18.1 Å². The highest BCUT2D eigenvalue weighted by molar-refractivity contribution is 5.92. The zero-order valence-corrected chi connectivity index (χ0v) is 11.5. The van der Waals surface area contributed by atoms with Gasteiger partial charge in [-0.1, -0.05) is 12.1 Å². The van der Waals surface area contributed by atoms with Crippen LogP contribution < -0.4 is 11.1 Å². The van der Waals surface area contributed by atoms with E-state index in [9.17, 15) is 9.59 Å². The molecule has 0 atom stereocenters. The fraction of sp³-hybridized carbons (Fsp3) is 0.429.